The van der Waals surface area contributed by atoms with Crippen molar-refractivity contribution in [2.45, 2.75) is 187 Å². The maximum Gasteiger partial charge on any atom is 0.309 e. The van der Waals surface area contributed by atoms with Gasteiger partial charge in [0, 0.05) is 12.8 Å². The second-order valence-corrected chi connectivity index (χ2v) is 13.6. The average Bonchev–Trinajstić information content (AvgIpc) is 3.14. The normalized spacial score (nSPS) is 12.8. The van der Waals surface area contributed by atoms with Gasteiger partial charge in [-0.1, -0.05) is 184 Å². The van der Waals surface area contributed by atoms with Crippen LogP contribution < -0.4 is 0 Å². The molecule has 6 heteroatoms. The Kier molecular flexibility index (Phi) is 38.2. The average molecular weight is 725 g/mol. The van der Waals surface area contributed by atoms with Crippen molar-refractivity contribution in [3.8, 4) is 0 Å². The maximum atomic E-state index is 12.7. The van der Waals surface area contributed by atoms with E-state index in [0.717, 1.165) is 83.5 Å². The Bertz CT molecular complexity index is 1020. The molecule has 0 aliphatic heterocycles. The van der Waals surface area contributed by atoms with Gasteiger partial charge in [-0.15, -0.1) is 0 Å². The summed E-state index contributed by atoms with van der Waals surface area (Å²) in [5.74, 6) is -1.07. The van der Waals surface area contributed by atoms with Crippen molar-refractivity contribution < 1.29 is 28.6 Å². The number of ether oxygens (including phenoxy) is 3. The molecule has 0 aliphatic carbocycles. The molecule has 0 rings (SSSR count). The molecule has 296 valence electrons. The number of rotatable bonds is 36. The molecular weight excluding hydrogens is 648 g/mol. The monoisotopic (exact) mass is 725 g/mol. The van der Waals surface area contributed by atoms with Gasteiger partial charge in [0.05, 0.1) is 6.42 Å². The summed E-state index contributed by atoms with van der Waals surface area (Å²) < 4.78 is 16.5. The highest BCUT2D eigenvalue weighted by molar-refractivity contribution is 5.72. The van der Waals surface area contributed by atoms with Crippen LogP contribution in [0.5, 0.6) is 0 Å². The van der Waals surface area contributed by atoms with Crippen molar-refractivity contribution in [3.63, 3.8) is 0 Å². The lowest BCUT2D eigenvalue weighted by Crippen LogP contribution is -2.30. The van der Waals surface area contributed by atoms with E-state index in [1.54, 1.807) is 6.08 Å². The lowest BCUT2D eigenvalue weighted by atomic mass is 10.0. The fourth-order valence-electron chi connectivity index (χ4n) is 5.44. The van der Waals surface area contributed by atoms with E-state index in [4.69, 9.17) is 14.2 Å². The first-order chi connectivity index (χ1) is 25.5. The van der Waals surface area contributed by atoms with Crippen molar-refractivity contribution in [3.05, 3.63) is 72.9 Å². The molecule has 1 atom stereocenters. The molecule has 6 nitrogen and oxygen atoms in total. The van der Waals surface area contributed by atoms with Crippen molar-refractivity contribution >= 4 is 17.9 Å². The van der Waals surface area contributed by atoms with E-state index in [2.05, 4.69) is 75.5 Å². The summed E-state index contributed by atoms with van der Waals surface area (Å²) >= 11 is 0. The third-order valence-corrected chi connectivity index (χ3v) is 8.55. The van der Waals surface area contributed by atoms with Gasteiger partial charge in [0.15, 0.2) is 6.10 Å². The highest BCUT2D eigenvalue weighted by Crippen LogP contribution is 2.14. The third kappa shape index (κ3) is 38.1. The Morgan fingerprint density at radius 2 is 0.904 bits per heavy atom. The summed E-state index contributed by atoms with van der Waals surface area (Å²) in [6, 6.07) is 0. The lowest BCUT2D eigenvalue weighted by molar-refractivity contribution is -0.166. The molecule has 0 aliphatic rings. The Balaban J connectivity index is 4.48. The first-order valence-electron chi connectivity index (χ1n) is 21.0. The minimum absolute atomic E-state index is 0.113. The Morgan fingerprint density at radius 3 is 1.48 bits per heavy atom. The predicted octanol–water partition coefficient (Wildman–Crippen LogP) is 13.1. The fourth-order valence-corrected chi connectivity index (χ4v) is 5.44. The van der Waals surface area contributed by atoms with Gasteiger partial charge in [0.2, 0.25) is 0 Å². The van der Waals surface area contributed by atoms with Gasteiger partial charge < -0.3 is 14.2 Å². The second kappa shape index (κ2) is 40.6. The van der Waals surface area contributed by atoms with E-state index in [-0.39, 0.29) is 31.6 Å². The molecule has 0 fully saturated rings. The summed E-state index contributed by atoms with van der Waals surface area (Å²) in [5.41, 5.74) is 0. The summed E-state index contributed by atoms with van der Waals surface area (Å²) in [7, 11) is 0. The third-order valence-electron chi connectivity index (χ3n) is 8.55. The van der Waals surface area contributed by atoms with Gasteiger partial charge in [0.1, 0.15) is 13.2 Å². The Hall–Kier alpha value is -3.15. The first kappa shape index (κ1) is 48.9. The fraction of sp³-hybridized carbons (Fsp3) is 0.674. The quantitative estimate of drug-likeness (QED) is 0.0210. The van der Waals surface area contributed by atoms with Crippen LogP contribution in [0.3, 0.4) is 0 Å². The molecule has 0 aromatic heterocycles. The van der Waals surface area contributed by atoms with E-state index in [9.17, 15) is 14.4 Å². The van der Waals surface area contributed by atoms with Gasteiger partial charge >= 0.3 is 17.9 Å². The predicted molar refractivity (Wildman–Crippen MR) is 219 cm³/mol. The van der Waals surface area contributed by atoms with E-state index < -0.39 is 12.1 Å². The van der Waals surface area contributed by atoms with Gasteiger partial charge in [-0.3, -0.25) is 14.4 Å². The maximum absolute atomic E-state index is 12.7. The summed E-state index contributed by atoms with van der Waals surface area (Å²) in [6.45, 7) is 6.24. The molecule has 0 saturated heterocycles. The number of hydrogen-bond donors (Lipinski definition) is 0. The molecule has 1 unspecified atom stereocenters. The molecule has 52 heavy (non-hydrogen) atoms. The summed E-state index contributed by atoms with van der Waals surface area (Å²) in [5, 5.41) is 0. The minimum Gasteiger partial charge on any atom is -0.462 e. The Morgan fingerprint density at radius 1 is 0.442 bits per heavy atom. The summed E-state index contributed by atoms with van der Waals surface area (Å²) in [6.07, 6.45) is 49.2. The zero-order valence-corrected chi connectivity index (χ0v) is 33.5. The van der Waals surface area contributed by atoms with Gasteiger partial charge in [-0.2, -0.15) is 0 Å². The number of allylic oxidation sites excluding steroid dienone is 11. The molecule has 0 aromatic rings. The zero-order chi connectivity index (χ0) is 38.0. The first-order valence-corrected chi connectivity index (χ1v) is 21.0. The van der Waals surface area contributed by atoms with Gasteiger partial charge in [-0.05, 0) is 51.4 Å². The van der Waals surface area contributed by atoms with Crippen molar-refractivity contribution in [2.24, 2.45) is 0 Å². The molecule has 0 N–H and O–H groups in total. The van der Waals surface area contributed by atoms with Crippen LogP contribution in [0.1, 0.15) is 181 Å². The smallest absolute Gasteiger partial charge is 0.309 e. The number of hydrogen-bond acceptors (Lipinski definition) is 6. The molecule has 0 aromatic carbocycles. The van der Waals surface area contributed by atoms with Crippen LogP contribution in [0, 0.1) is 0 Å². The SMILES string of the molecule is CC\C=C/C=C\C=C/CCCCCCCC(=O)OCC(COC(=O)C/C=C\C/C=C\C/C=C\CC)OC(=O)CCCCCCCCCCCCCC. The molecule has 0 bridgehead atoms. The van der Waals surface area contributed by atoms with Gasteiger partial charge in [-0.25, -0.2) is 0 Å². The van der Waals surface area contributed by atoms with Crippen molar-refractivity contribution in [1.82, 2.24) is 0 Å². The van der Waals surface area contributed by atoms with Crippen LogP contribution in [0.15, 0.2) is 72.9 Å². The second-order valence-electron chi connectivity index (χ2n) is 13.6. The minimum atomic E-state index is -0.814. The van der Waals surface area contributed by atoms with E-state index >= 15 is 0 Å². The number of carbonyl (C=O) groups is 3. The molecular formula is C46H76O6. The highest BCUT2D eigenvalue weighted by atomic mass is 16.6. The molecule has 0 spiro atoms. The molecule has 0 amide bonds. The van der Waals surface area contributed by atoms with Crippen LogP contribution in [0.2, 0.25) is 0 Å². The van der Waals surface area contributed by atoms with E-state index in [1.807, 2.05) is 12.2 Å². The number of carbonyl (C=O) groups excluding carboxylic acids is 3. The van der Waals surface area contributed by atoms with Crippen molar-refractivity contribution in [2.75, 3.05) is 13.2 Å². The summed E-state index contributed by atoms with van der Waals surface area (Å²) in [4.78, 5) is 37.5. The van der Waals surface area contributed by atoms with Crippen LogP contribution in [-0.2, 0) is 28.6 Å². The largest absolute Gasteiger partial charge is 0.462 e. The topological polar surface area (TPSA) is 78.9 Å². The van der Waals surface area contributed by atoms with Crippen LogP contribution in [0.4, 0.5) is 0 Å². The lowest BCUT2D eigenvalue weighted by Gasteiger charge is -2.18. The standard InChI is InChI=1S/C46H76O6/c1-4-7-10-13-16-19-21-23-25-27-30-33-36-39-45(48)51-42-43(41-50-44(47)38-35-32-29-26-18-15-12-9-6-3)52-46(49)40-37-34-31-28-24-22-20-17-14-11-8-5-2/h7,9-10,12-13,16,18-19,21,26,32,35,43H,4-6,8,11,14-15,17,20,22-25,27-31,33-34,36-42H2,1-3H3/b10-7-,12-9-,16-13-,21-19-,26-18-,35-32-. The molecule has 0 heterocycles. The van der Waals surface area contributed by atoms with Crippen LogP contribution >= 0.6 is 0 Å². The number of esters is 3. The molecule has 0 radical (unpaired) electrons. The molecule has 0 saturated carbocycles. The van der Waals surface area contributed by atoms with Crippen LogP contribution in [0.25, 0.3) is 0 Å². The number of unbranched alkanes of at least 4 members (excludes halogenated alkanes) is 16. The van der Waals surface area contributed by atoms with Crippen molar-refractivity contribution in [1.29, 1.82) is 0 Å². The van der Waals surface area contributed by atoms with E-state index in [1.165, 1.54) is 57.8 Å². The van der Waals surface area contributed by atoms with Gasteiger partial charge in [0.25, 0.3) is 0 Å². The zero-order valence-electron chi connectivity index (χ0n) is 33.5. The highest BCUT2D eigenvalue weighted by Gasteiger charge is 2.19. The Labute approximate surface area is 319 Å². The van der Waals surface area contributed by atoms with Crippen LogP contribution in [-0.4, -0.2) is 37.2 Å². The van der Waals surface area contributed by atoms with E-state index in [0.29, 0.717) is 12.8 Å².